The number of nitrogens with one attached hydrogen (secondary N) is 1. The van der Waals surface area contributed by atoms with Crippen LogP contribution in [0.5, 0.6) is 0 Å². The van der Waals surface area contributed by atoms with Crippen molar-refractivity contribution in [2.24, 2.45) is 4.99 Å². The van der Waals surface area contributed by atoms with Gasteiger partial charge in [-0.25, -0.2) is 22.9 Å². The molecule has 1 aliphatic heterocycles. The predicted octanol–water partition coefficient (Wildman–Crippen LogP) is 3.36. The van der Waals surface area contributed by atoms with Crippen LogP contribution in [-0.2, 0) is 14.8 Å². The molecule has 156 valence electrons. The highest BCUT2D eigenvalue weighted by Gasteiger charge is 2.41. The van der Waals surface area contributed by atoms with E-state index in [1.165, 1.54) is 16.9 Å². The smallest absolute Gasteiger partial charge is 0.474 e. The number of aliphatic imine (C=N–C) groups is 1. The Hall–Kier alpha value is -2.43. The van der Waals surface area contributed by atoms with E-state index in [-0.39, 0.29) is 17.5 Å². The first-order valence-corrected chi connectivity index (χ1v) is 11.2. The molecular formula is C19H22N2O6S2. The first-order valence-electron chi connectivity index (χ1n) is 8.89. The summed E-state index contributed by atoms with van der Waals surface area (Å²) in [6.45, 7) is 4.49. The van der Waals surface area contributed by atoms with Crippen molar-refractivity contribution in [3.8, 4) is 0 Å². The minimum atomic E-state index is -3.52. The molecular weight excluding hydrogens is 416 g/mol. The molecule has 0 radical (unpaired) electrons. The van der Waals surface area contributed by atoms with Gasteiger partial charge in [-0.05, 0) is 38.0 Å². The maximum atomic E-state index is 12.6. The SMILES string of the molecule is CC1(C)COC(c2ccc(S(=O)(=O)N[C@H]3C[C@@H]3c3ccccc3)s2)=N1.O=C(O)O. The number of carboxylic acid groups (broad SMARTS) is 2. The zero-order chi connectivity index (χ0) is 21.2. The van der Waals surface area contributed by atoms with Crippen molar-refractivity contribution >= 4 is 33.4 Å². The molecule has 1 aromatic carbocycles. The molecule has 1 saturated carbocycles. The van der Waals surface area contributed by atoms with E-state index < -0.39 is 16.2 Å². The molecule has 2 atom stereocenters. The van der Waals surface area contributed by atoms with Gasteiger partial charge in [-0.1, -0.05) is 30.3 Å². The highest BCUT2D eigenvalue weighted by Crippen LogP contribution is 2.41. The summed E-state index contributed by atoms with van der Waals surface area (Å²) in [6, 6.07) is 13.4. The topological polar surface area (TPSA) is 125 Å². The van der Waals surface area contributed by atoms with Gasteiger partial charge in [0.15, 0.2) is 0 Å². The van der Waals surface area contributed by atoms with E-state index in [0.717, 1.165) is 11.3 Å². The molecule has 4 rings (SSSR count). The summed E-state index contributed by atoms with van der Waals surface area (Å²) >= 11 is 1.20. The molecule has 0 unspecified atom stereocenters. The van der Waals surface area contributed by atoms with Crippen LogP contribution in [0.2, 0.25) is 0 Å². The number of benzene rings is 1. The number of rotatable bonds is 5. The number of hydrogen-bond donors (Lipinski definition) is 3. The van der Waals surface area contributed by atoms with Crippen LogP contribution in [0.4, 0.5) is 4.79 Å². The summed E-state index contributed by atoms with van der Waals surface area (Å²) in [7, 11) is -3.52. The minimum absolute atomic E-state index is 0.0306. The predicted molar refractivity (Wildman–Crippen MR) is 109 cm³/mol. The third-order valence-electron chi connectivity index (χ3n) is 4.35. The third-order valence-corrected chi connectivity index (χ3v) is 7.40. The lowest BCUT2D eigenvalue weighted by Crippen LogP contribution is -2.26. The molecule has 29 heavy (non-hydrogen) atoms. The molecule has 1 fully saturated rings. The first-order chi connectivity index (χ1) is 13.6. The summed E-state index contributed by atoms with van der Waals surface area (Å²) in [5.41, 5.74) is 0.922. The molecule has 1 aliphatic carbocycles. The van der Waals surface area contributed by atoms with Crippen LogP contribution in [0.15, 0.2) is 51.7 Å². The van der Waals surface area contributed by atoms with E-state index in [1.807, 2.05) is 44.2 Å². The Morgan fingerprint density at radius 3 is 2.45 bits per heavy atom. The van der Waals surface area contributed by atoms with E-state index >= 15 is 0 Å². The molecule has 0 amide bonds. The average Bonchev–Trinajstić information content (AvgIpc) is 3.03. The van der Waals surface area contributed by atoms with Crippen LogP contribution in [0.1, 0.15) is 36.6 Å². The molecule has 0 bridgehead atoms. The van der Waals surface area contributed by atoms with E-state index in [4.69, 9.17) is 19.7 Å². The molecule has 8 nitrogen and oxygen atoms in total. The van der Waals surface area contributed by atoms with Gasteiger partial charge >= 0.3 is 6.16 Å². The lowest BCUT2D eigenvalue weighted by atomic mass is 10.1. The minimum Gasteiger partial charge on any atom is -0.474 e. The zero-order valence-electron chi connectivity index (χ0n) is 15.9. The molecule has 10 heteroatoms. The van der Waals surface area contributed by atoms with Gasteiger partial charge in [0.25, 0.3) is 0 Å². The van der Waals surface area contributed by atoms with Crippen molar-refractivity contribution < 1.29 is 28.2 Å². The molecule has 2 aliphatic rings. The first kappa shape index (κ1) is 21.3. The second-order valence-electron chi connectivity index (χ2n) is 7.40. The van der Waals surface area contributed by atoms with Crippen molar-refractivity contribution in [2.45, 2.75) is 42.0 Å². The van der Waals surface area contributed by atoms with Gasteiger partial charge in [-0.2, -0.15) is 0 Å². The van der Waals surface area contributed by atoms with E-state index in [1.54, 1.807) is 12.1 Å². The molecule has 2 heterocycles. The van der Waals surface area contributed by atoms with Gasteiger partial charge in [0.2, 0.25) is 15.9 Å². The third kappa shape index (κ3) is 5.55. The van der Waals surface area contributed by atoms with Gasteiger partial charge < -0.3 is 14.9 Å². The van der Waals surface area contributed by atoms with E-state index in [0.29, 0.717) is 16.7 Å². The number of sulfonamides is 1. The Balaban J connectivity index is 0.000000552. The van der Waals surface area contributed by atoms with Crippen molar-refractivity contribution in [1.29, 1.82) is 0 Å². The van der Waals surface area contributed by atoms with Gasteiger partial charge in [0, 0.05) is 12.0 Å². The summed E-state index contributed by atoms with van der Waals surface area (Å²) in [5.74, 6) is 0.795. The van der Waals surface area contributed by atoms with E-state index in [2.05, 4.69) is 9.71 Å². The maximum absolute atomic E-state index is 12.6. The number of ether oxygens (including phenoxy) is 1. The largest absolute Gasteiger partial charge is 0.503 e. The fourth-order valence-electron chi connectivity index (χ4n) is 2.94. The zero-order valence-corrected chi connectivity index (χ0v) is 17.5. The Morgan fingerprint density at radius 1 is 1.21 bits per heavy atom. The second kappa shape index (κ2) is 8.13. The highest BCUT2D eigenvalue weighted by molar-refractivity contribution is 7.91. The molecule has 1 aromatic heterocycles. The summed E-state index contributed by atoms with van der Waals surface area (Å²) in [6.07, 6.45) is -0.995. The normalized spacial score (nSPS) is 22.1. The molecule has 2 aromatic rings. The number of carbonyl (C=O) groups is 1. The van der Waals surface area contributed by atoms with Gasteiger partial charge in [-0.3, -0.25) is 0 Å². The summed E-state index contributed by atoms with van der Waals surface area (Å²) in [4.78, 5) is 13.8. The Bertz CT molecular complexity index is 1010. The number of thiophene rings is 1. The van der Waals surface area contributed by atoms with Gasteiger partial charge in [0.05, 0.1) is 10.4 Å². The quantitative estimate of drug-likeness (QED) is 0.657. The summed E-state index contributed by atoms with van der Waals surface area (Å²) in [5, 5.41) is 13.9. The van der Waals surface area contributed by atoms with Crippen LogP contribution in [0, 0.1) is 0 Å². The number of hydrogen-bond acceptors (Lipinski definition) is 6. The fourth-order valence-corrected chi connectivity index (χ4v) is 5.50. The van der Waals surface area contributed by atoms with Crippen molar-refractivity contribution in [1.82, 2.24) is 4.72 Å². The van der Waals surface area contributed by atoms with Crippen LogP contribution < -0.4 is 4.72 Å². The second-order valence-corrected chi connectivity index (χ2v) is 10.4. The fraction of sp³-hybridized carbons (Fsp3) is 0.368. The molecule has 0 spiro atoms. The summed E-state index contributed by atoms with van der Waals surface area (Å²) < 4.78 is 34.0. The number of nitrogens with zero attached hydrogens (tertiary/aromatic N) is 1. The standard InChI is InChI=1S/C18H20N2O3S2.CH2O3/c1-18(2)11-23-17(19-18)15-8-9-16(24-15)25(21,22)20-14-10-13(14)12-6-4-3-5-7-12;2-1(3)4/h3-9,13-14,20H,10-11H2,1-2H3;(H2,2,3,4)/t13-,14+;/m1./s1. The Labute approximate surface area is 172 Å². The van der Waals surface area contributed by atoms with Gasteiger partial charge in [-0.15, -0.1) is 11.3 Å². The maximum Gasteiger partial charge on any atom is 0.503 e. The van der Waals surface area contributed by atoms with E-state index in [9.17, 15) is 8.42 Å². The molecule has 0 saturated heterocycles. The van der Waals surface area contributed by atoms with Gasteiger partial charge in [0.1, 0.15) is 10.8 Å². The van der Waals surface area contributed by atoms with Crippen LogP contribution in [0.3, 0.4) is 0 Å². The lowest BCUT2D eigenvalue weighted by molar-refractivity contribution is 0.137. The Kier molecular flexibility index (Phi) is 5.97. The van der Waals surface area contributed by atoms with Crippen molar-refractivity contribution in [3.05, 3.63) is 52.9 Å². The average molecular weight is 439 g/mol. The monoisotopic (exact) mass is 438 g/mol. The molecule has 3 N–H and O–H groups in total. The highest BCUT2D eigenvalue weighted by atomic mass is 32.2. The van der Waals surface area contributed by atoms with Crippen molar-refractivity contribution in [2.75, 3.05) is 6.61 Å². The van der Waals surface area contributed by atoms with Crippen molar-refractivity contribution in [3.63, 3.8) is 0 Å². The van der Waals surface area contributed by atoms with Crippen LogP contribution >= 0.6 is 11.3 Å². The Morgan fingerprint density at radius 2 is 1.86 bits per heavy atom. The lowest BCUT2D eigenvalue weighted by Gasteiger charge is -2.07. The van der Waals surface area contributed by atoms with Crippen LogP contribution in [0.25, 0.3) is 0 Å². The van der Waals surface area contributed by atoms with Crippen LogP contribution in [-0.4, -0.2) is 48.9 Å².